The first-order valence-electron chi connectivity index (χ1n) is 7.50. The standard InChI is InChI=1S/C18H20FNO/c19-16-7-5-14(6-8-16)9-11-20-13-15-10-12-21-18-4-2-1-3-17(15)18/h1-8,15,20H,9-13H2. The van der Waals surface area contributed by atoms with E-state index in [4.69, 9.17) is 4.74 Å². The lowest BCUT2D eigenvalue weighted by Crippen LogP contribution is -2.27. The molecule has 3 heteroatoms. The van der Waals surface area contributed by atoms with E-state index < -0.39 is 0 Å². The third-order valence-corrected chi connectivity index (χ3v) is 3.98. The van der Waals surface area contributed by atoms with Gasteiger partial charge in [0.05, 0.1) is 6.61 Å². The van der Waals surface area contributed by atoms with E-state index in [1.807, 2.05) is 24.3 Å². The summed E-state index contributed by atoms with van der Waals surface area (Å²) in [6, 6.07) is 15.0. The van der Waals surface area contributed by atoms with Crippen LogP contribution in [0.3, 0.4) is 0 Å². The van der Waals surface area contributed by atoms with Crippen molar-refractivity contribution in [1.82, 2.24) is 5.32 Å². The van der Waals surface area contributed by atoms with E-state index in [9.17, 15) is 4.39 Å². The van der Waals surface area contributed by atoms with Crippen LogP contribution in [0.1, 0.15) is 23.5 Å². The second-order valence-electron chi connectivity index (χ2n) is 5.45. The molecule has 0 saturated heterocycles. The van der Waals surface area contributed by atoms with Crippen LogP contribution >= 0.6 is 0 Å². The molecule has 0 fully saturated rings. The maximum absolute atomic E-state index is 12.8. The first-order valence-corrected chi connectivity index (χ1v) is 7.50. The Bertz CT molecular complexity index is 582. The highest BCUT2D eigenvalue weighted by atomic mass is 19.1. The molecular formula is C18H20FNO. The molecule has 0 amide bonds. The molecule has 2 aromatic carbocycles. The zero-order chi connectivity index (χ0) is 14.5. The molecule has 0 radical (unpaired) electrons. The van der Waals surface area contributed by atoms with Crippen LogP contribution in [-0.4, -0.2) is 19.7 Å². The minimum Gasteiger partial charge on any atom is -0.493 e. The van der Waals surface area contributed by atoms with E-state index >= 15 is 0 Å². The summed E-state index contributed by atoms with van der Waals surface area (Å²) in [5.41, 5.74) is 2.47. The molecule has 1 N–H and O–H groups in total. The van der Waals surface area contributed by atoms with Crippen LogP contribution in [0.4, 0.5) is 4.39 Å². The van der Waals surface area contributed by atoms with E-state index in [1.165, 1.54) is 17.7 Å². The topological polar surface area (TPSA) is 21.3 Å². The van der Waals surface area contributed by atoms with Crippen molar-refractivity contribution in [3.05, 3.63) is 65.5 Å². The molecule has 1 aliphatic heterocycles. The number of hydrogen-bond acceptors (Lipinski definition) is 2. The Morgan fingerprint density at radius 3 is 2.76 bits per heavy atom. The molecule has 21 heavy (non-hydrogen) atoms. The third kappa shape index (κ3) is 3.61. The normalized spacial score (nSPS) is 17.1. The van der Waals surface area contributed by atoms with Gasteiger partial charge in [-0.05, 0) is 48.7 Å². The van der Waals surface area contributed by atoms with Gasteiger partial charge in [0, 0.05) is 12.5 Å². The molecule has 1 unspecified atom stereocenters. The Kier molecular flexibility index (Phi) is 4.51. The lowest BCUT2D eigenvalue weighted by Gasteiger charge is -2.26. The van der Waals surface area contributed by atoms with Crippen molar-refractivity contribution in [1.29, 1.82) is 0 Å². The van der Waals surface area contributed by atoms with Gasteiger partial charge in [0.15, 0.2) is 0 Å². The van der Waals surface area contributed by atoms with Crippen molar-refractivity contribution in [2.45, 2.75) is 18.8 Å². The van der Waals surface area contributed by atoms with Gasteiger partial charge in [-0.25, -0.2) is 4.39 Å². The summed E-state index contributed by atoms with van der Waals surface area (Å²) >= 11 is 0. The Morgan fingerprint density at radius 1 is 1.10 bits per heavy atom. The molecule has 1 aliphatic rings. The summed E-state index contributed by atoms with van der Waals surface area (Å²) in [5.74, 6) is 1.36. The Hall–Kier alpha value is -1.87. The van der Waals surface area contributed by atoms with Gasteiger partial charge in [0.1, 0.15) is 11.6 Å². The van der Waals surface area contributed by atoms with E-state index in [0.29, 0.717) is 5.92 Å². The van der Waals surface area contributed by atoms with Gasteiger partial charge in [-0.2, -0.15) is 0 Å². The number of benzene rings is 2. The van der Waals surface area contributed by atoms with Gasteiger partial charge in [-0.3, -0.25) is 0 Å². The quantitative estimate of drug-likeness (QED) is 0.849. The monoisotopic (exact) mass is 285 g/mol. The number of nitrogens with one attached hydrogen (secondary N) is 1. The Balaban J connectivity index is 1.49. The average Bonchev–Trinajstić information content (AvgIpc) is 2.53. The summed E-state index contributed by atoms with van der Waals surface area (Å²) in [4.78, 5) is 0. The number of halogens is 1. The minimum atomic E-state index is -0.175. The zero-order valence-electron chi connectivity index (χ0n) is 12.0. The second-order valence-corrected chi connectivity index (χ2v) is 5.45. The molecule has 1 heterocycles. The van der Waals surface area contributed by atoms with Crippen LogP contribution < -0.4 is 10.1 Å². The van der Waals surface area contributed by atoms with Crippen LogP contribution in [-0.2, 0) is 6.42 Å². The van der Waals surface area contributed by atoms with E-state index in [-0.39, 0.29) is 5.82 Å². The van der Waals surface area contributed by atoms with Crippen molar-refractivity contribution in [2.75, 3.05) is 19.7 Å². The summed E-state index contributed by atoms with van der Waals surface area (Å²) < 4.78 is 18.5. The number of fused-ring (bicyclic) bond motifs is 1. The van der Waals surface area contributed by atoms with Crippen molar-refractivity contribution in [3.63, 3.8) is 0 Å². The largest absolute Gasteiger partial charge is 0.493 e. The molecule has 2 aromatic rings. The van der Waals surface area contributed by atoms with Crippen LogP contribution in [0, 0.1) is 5.82 Å². The third-order valence-electron chi connectivity index (χ3n) is 3.98. The summed E-state index contributed by atoms with van der Waals surface area (Å²) in [6.07, 6.45) is 1.98. The highest BCUT2D eigenvalue weighted by molar-refractivity contribution is 5.37. The van der Waals surface area contributed by atoms with Crippen molar-refractivity contribution in [3.8, 4) is 5.75 Å². The van der Waals surface area contributed by atoms with Crippen LogP contribution in [0.15, 0.2) is 48.5 Å². The maximum Gasteiger partial charge on any atom is 0.123 e. The van der Waals surface area contributed by atoms with E-state index in [1.54, 1.807) is 0 Å². The van der Waals surface area contributed by atoms with E-state index in [0.717, 1.165) is 43.9 Å². The zero-order valence-corrected chi connectivity index (χ0v) is 12.0. The fourth-order valence-corrected chi connectivity index (χ4v) is 2.79. The minimum absolute atomic E-state index is 0.175. The molecule has 0 bridgehead atoms. The van der Waals surface area contributed by atoms with E-state index in [2.05, 4.69) is 17.4 Å². The molecule has 3 rings (SSSR count). The van der Waals surface area contributed by atoms with Crippen LogP contribution in [0.2, 0.25) is 0 Å². The van der Waals surface area contributed by atoms with Crippen LogP contribution in [0.25, 0.3) is 0 Å². The van der Waals surface area contributed by atoms with Crippen molar-refractivity contribution < 1.29 is 9.13 Å². The fourth-order valence-electron chi connectivity index (χ4n) is 2.79. The van der Waals surface area contributed by atoms with Gasteiger partial charge in [0.25, 0.3) is 0 Å². The summed E-state index contributed by atoms with van der Waals surface area (Å²) in [6.45, 7) is 2.66. The van der Waals surface area contributed by atoms with Gasteiger partial charge in [-0.1, -0.05) is 30.3 Å². The molecule has 0 aromatic heterocycles. The number of para-hydroxylation sites is 1. The molecule has 2 nitrogen and oxygen atoms in total. The SMILES string of the molecule is Fc1ccc(CCNCC2CCOc3ccccc32)cc1. The van der Waals surface area contributed by atoms with Crippen molar-refractivity contribution in [2.24, 2.45) is 0 Å². The number of hydrogen-bond donors (Lipinski definition) is 1. The molecule has 110 valence electrons. The lowest BCUT2D eigenvalue weighted by molar-refractivity contribution is 0.265. The number of ether oxygens (including phenoxy) is 1. The lowest BCUT2D eigenvalue weighted by atomic mass is 9.93. The molecule has 1 atom stereocenters. The van der Waals surface area contributed by atoms with Gasteiger partial charge in [0.2, 0.25) is 0 Å². The van der Waals surface area contributed by atoms with Gasteiger partial charge in [-0.15, -0.1) is 0 Å². The Morgan fingerprint density at radius 2 is 1.90 bits per heavy atom. The molecular weight excluding hydrogens is 265 g/mol. The highest BCUT2D eigenvalue weighted by Gasteiger charge is 2.20. The van der Waals surface area contributed by atoms with Gasteiger partial charge >= 0.3 is 0 Å². The molecule has 0 spiro atoms. The molecule has 0 aliphatic carbocycles. The molecule has 0 saturated carbocycles. The average molecular weight is 285 g/mol. The van der Waals surface area contributed by atoms with Crippen molar-refractivity contribution >= 4 is 0 Å². The first-order chi connectivity index (χ1) is 10.3. The fraction of sp³-hybridized carbons (Fsp3) is 0.333. The summed E-state index contributed by atoms with van der Waals surface area (Å²) in [7, 11) is 0. The second kappa shape index (κ2) is 6.72. The Labute approximate surface area is 125 Å². The summed E-state index contributed by atoms with van der Waals surface area (Å²) in [5, 5.41) is 3.51. The number of rotatable bonds is 5. The highest BCUT2D eigenvalue weighted by Crippen LogP contribution is 2.32. The maximum atomic E-state index is 12.8. The van der Waals surface area contributed by atoms with Crippen LogP contribution in [0.5, 0.6) is 5.75 Å². The predicted molar refractivity (Wildman–Crippen MR) is 82.3 cm³/mol. The van der Waals surface area contributed by atoms with Gasteiger partial charge < -0.3 is 10.1 Å². The smallest absolute Gasteiger partial charge is 0.123 e. The predicted octanol–water partition coefficient (Wildman–Crippen LogP) is 3.52. The first kappa shape index (κ1) is 14.1.